The molecule has 2 aliphatic carbocycles. The van der Waals surface area contributed by atoms with E-state index in [-0.39, 0.29) is 11.5 Å². The Kier molecular flexibility index (Phi) is 4.95. The maximum atomic E-state index is 10.1. The van der Waals surface area contributed by atoms with E-state index in [1.807, 2.05) is 4.68 Å². The molecule has 1 aromatic heterocycles. The Morgan fingerprint density at radius 1 is 1.04 bits per heavy atom. The summed E-state index contributed by atoms with van der Waals surface area (Å²) in [6.45, 7) is 2.12. The van der Waals surface area contributed by atoms with Crippen molar-refractivity contribution >= 4 is 17.6 Å². The molecule has 2 saturated carbocycles. The Labute approximate surface area is 162 Å². The van der Waals surface area contributed by atoms with Crippen LogP contribution >= 0.6 is 11.3 Å². The molecule has 4 rings (SSSR count). The predicted octanol–water partition coefficient (Wildman–Crippen LogP) is 3.97. The summed E-state index contributed by atoms with van der Waals surface area (Å²) in [6.07, 6.45) is 9.88. The first-order chi connectivity index (χ1) is 13.0. The highest BCUT2D eigenvalue weighted by Gasteiger charge is 2.30. The van der Waals surface area contributed by atoms with Crippen molar-refractivity contribution in [3.05, 3.63) is 33.1 Å². The molecule has 6 nitrogen and oxygen atoms in total. The lowest BCUT2D eigenvalue weighted by Crippen LogP contribution is -2.19. The quantitative estimate of drug-likeness (QED) is 0.548. The van der Waals surface area contributed by atoms with Crippen LogP contribution in [0.5, 0.6) is 17.2 Å². The number of phenolic OH excluding ortho intramolecular Hbond substituents is 3. The number of hydrogen-bond donors (Lipinski definition) is 3. The molecular weight excluding hydrogens is 362 g/mol. The fourth-order valence-electron chi connectivity index (χ4n) is 3.67. The molecule has 1 aromatic carbocycles. The van der Waals surface area contributed by atoms with Gasteiger partial charge in [0, 0.05) is 16.4 Å². The molecule has 2 aromatic rings. The van der Waals surface area contributed by atoms with Crippen LogP contribution in [0.15, 0.2) is 22.2 Å². The summed E-state index contributed by atoms with van der Waals surface area (Å²) in [6, 6.07) is 3.23. The molecule has 0 atom stereocenters. The van der Waals surface area contributed by atoms with Crippen LogP contribution in [0, 0.1) is 6.92 Å². The van der Waals surface area contributed by atoms with Gasteiger partial charge in [-0.1, -0.05) is 19.3 Å². The van der Waals surface area contributed by atoms with E-state index in [1.54, 1.807) is 11.3 Å². The maximum absolute atomic E-state index is 10.1. The van der Waals surface area contributed by atoms with E-state index in [0.29, 0.717) is 17.5 Å². The van der Waals surface area contributed by atoms with E-state index < -0.39 is 5.75 Å². The summed E-state index contributed by atoms with van der Waals surface area (Å²) in [4.78, 5) is 7.13. The molecule has 2 fully saturated rings. The zero-order chi connectivity index (χ0) is 19.0. The lowest BCUT2D eigenvalue weighted by Gasteiger charge is -2.16. The van der Waals surface area contributed by atoms with Gasteiger partial charge >= 0.3 is 0 Å². The second-order valence-electron chi connectivity index (χ2n) is 7.45. The van der Waals surface area contributed by atoms with Crippen molar-refractivity contribution in [1.82, 2.24) is 4.68 Å². The second kappa shape index (κ2) is 7.38. The number of phenols is 3. The smallest absolute Gasteiger partial charge is 0.206 e. The lowest BCUT2D eigenvalue weighted by molar-refractivity contribution is 0.367. The topological polar surface area (TPSA) is 90.3 Å². The van der Waals surface area contributed by atoms with Crippen LogP contribution in [0.25, 0.3) is 0 Å². The number of rotatable bonds is 4. The van der Waals surface area contributed by atoms with E-state index in [2.05, 4.69) is 12.0 Å². The maximum Gasteiger partial charge on any atom is 0.206 e. The molecule has 3 N–H and O–H groups in total. The van der Waals surface area contributed by atoms with E-state index in [0.717, 1.165) is 17.6 Å². The van der Waals surface area contributed by atoms with Gasteiger partial charge < -0.3 is 15.3 Å². The van der Waals surface area contributed by atoms with Crippen molar-refractivity contribution in [2.45, 2.75) is 63.8 Å². The summed E-state index contributed by atoms with van der Waals surface area (Å²) in [7, 11) is 0. The Balaban J connectivity index is 1.74. The summed E-state index contributed by atoms with van der Waals surface area (Å²) in [5, 5.41) is 33.9. The van der Waals surface area contributed by atoms with Crippen LogP contribution in [0.4, 0.5) is 0 Å². The van der Waals surface area contributed by atoms with Gasteiger partial charge in [0.15, 0.2) is 11.5 Å². The SMILES string of the molecule is Cc1s/c(=N\C2CCCCC2)n(/N=C/c2ccc(O)c(O)c2O)c1C1CC1. The van der Waals surface area contributed by atoms with E-state index in [4.69, 9.17) is 4.99 Å². The Bertz CT molecular complexity index is 935. The molecule has 27 heavy (non-hydrogen) atoms. The van der Waals surface area contributed by atoms with Crippen molar-refractivity contribution in [2.24, 2.45) is 10.1 Å². The number of aromatic hydroxyl groups is 3. The Hall–Kier alpha value is -2.28. The lowest BCUT2D eigenvalue weighted by atomic mass is 9.96. The van der Waals surface area contributed by atoms with Crippen molar-refractivity contribution in [1.29, 1.82) is 0 Å². The molecule has 0 radical (unpaired) electrons. The number of hydrogen-bond acceptors (Lipinski definition) is 6. The fourth-order valence-corrected chi connectivity index (χ4v) is 4.73. The highest BCUT2D eigenvalue weighted by atomic mass is 32.1. The van der Waals surface area contributed by atoms with Gasteiger partial charge in [0.25, 0.3) is 0 Å². The molecule has 2 aliphatic rings. The first-order valence-corrected chi connectivity index (χ1v) is 10.4. The largest absolute Gasteiger partial charge is 0.504 e. The Morgan fingerprint density at radius 2 is 1.78 bits per heavy atom. The molecule has 0 unspecified atom stereocenters. The molecule has 0 amide bonds. The van der Waals surface area contributed by atoms with Crippen LogP contribution in [0.1, 0.15) is 67.0 Å². The first-order valence-electron chi connectivity index (χ1n) is 9.59. The molecular formula is C20H25N3O3S. The van der Waals surface area contributed by atoms with Gasteiger partial charge in [-0.15, -0.1) is 11.3 Å². The summed E-state index contributed by atoms with van der Waals surface area (Å²) >= 11 is 1.68. The zero-order valence-corrected chi connectivity index (χ0v) is 16.2. The van der Waals surface area contributed by atoms with Crippen LogP contribution in [-0.2, 0) is 0 Å². The van der Waals surface area contributed by atoms with E-state index in [9.17, 15) is 15.3 Å². The van der Waals surface area contributed by atoms with Gasteiger partial charge in [0.05, 0.1) is 18.0 Å². The van der Waals surface area contributed by atoms with Crippen molar-refractivity contribution in [3.8, 4) is 17.2 Å². The van der Waals surface area contributed by atoms with Crippen molar-refractivity contribution < 1.29 is 15.3 Å². The summed E-state index contributed by atoms with van der Waals surface area (Å²) in [5.41, 5.74) is 1.56. The van der Waals surface area contributed by atoms with E-state index >= 15 is 0 Å². The molecule has 0 spiro atoms. The van der Waals surface area contributed by atoms with Gasteiger partial charge in [-0.2, -0.15) is 5.10 Å². The minimum absolute atomic E-state index is 0.352. The standard InChI is InChI=1S/C20H25N3O3S/c1-12-17(13-7-8-13)23(20(27-12)22-15-5-3-2-4-6-15)21-11-14-9-10-16(24)19(26)18(14)25/h9-11,13,15,24-26H,2-8H2,1H3/b21-11+,22-20-. The highest BCUT2D eigenvalue weighted by molar-refractivity contribution is 7.09. The average molecular weight is 388 g/mol. The molecule has 0 bridgehead atoms. The van der Waals surface area contributed by atoms with Crippen LogP contribution in [0.2, 0.25) is 0 Å². The molecule has 7 heteroatoms. The van der Waals surface area contributed by atoms with Gasteiger partial charge in [-0.3, -0.25) is 4.99 Å². The number of nitrogens with zero attached hydrogens (tertiary/aromatic N) is 3. The first kappa shape index (κ1) is 18.1. The fraction of sp³-hybridized carbons (Fsp3) is 0.500. The van der Waals surface area contributed by atoms with E-state index in [1.165, 1.54) is 61.0 Å². The molecule has 1 heterocycles. The van der Waals surface area contributed by atoms with Crippen LogP contribution < -0.4 is 4.80 Å². The van der Waals surface area contributed by atoms with Crippen molar-refractivity contribution in [3.63, 3.8) is 0 Å². The third-order valence-corrected chi connectivity index (χ3v) is 6.30. The zero-order valence-electron chi connectivity index (χ0n) is 15.4. The summed E-state index contributed by atoms with van der Waals surface area (Å²) < 4.78 is 1.91. The highest BCUT2D eigenvalue weighted by Crippen LogP contribution is 2.42. The van der Waals surface area contributed by atoms with Gasteiger partial charge in [0.1, 0.15) is 0 Å². The van der Waals surface area contributed by atoms with Gasteiger partial charge in [0.2, 0.25) is 10.6 Å². The molecule has 0 aliphatic heterocycles. The number of benzene rings is 1. The number of aryl methyl sites for hydroxylation is 1. The van der Waals surface area contributed by atoms with Crippen LogP contribution in [0.3, 0.4) is 0 Å². The second-order valence-corrected chi connectivity index (χ2v) is 8.63. The molecule has 144 valence electrons. The molecule has 0 saturated heterocycles. The normalized spacial score (nSPS) is 19.2. The minimum Gasteiger partial charge on any atom is -0.504 e. The number of aromatic nitrogens is 1. The summed E-state index contributed by atoms with van der Waals surface area (Å²) in [5.74, 6) is -0.726. The Morgan fingerprint density at radius 3 is 2.48 bits per heavy atom. The van der Waals surface area contributed by atoms with Crippen LogP contribution in [-0.4, -0.2) is 32.3 Å². The third kappa shape index (κ3) is 3.74. The van der Waals surface area contributed by atoms with Gasteiger partial charge in [-0.05, 0) is 44.7 Å². The predicted molar refractivity (Wildman–Crippen MR) is 106 cm³/mol. The third-order valence-electron chi connectivity index (χ3n) is 5.32. The monoisotopic (exact) mass is 387 g/mol. The van der Waals surface area contributed by atoms with Gasteiger partial charge in [-0.25, -0.2) is 4.68 Å². The average Bonchev–Trinajstić information content (AvgIpc) is 3.45. The number of thiazole rings is 1. The van der Waals surface area contributed by atoms with Crippen molar-refractivity contribution in [2.75, 3.05) is 0 Å². The minimum atomic E-state index is -0.528.